The zero-order chi connectivity index (χ0) is 22.7. The highest BCUT2D eigenvalue weighted by Gasteiger charge is 2.39. The number of ether oxygens (including phenoxy) is 1. The largest absolute Gasteiger partial charge is 0.489 e. The summed E-state index contributed by atoms with van der Waals surface area (Å²) in [4.78, 5) is 38.0. The predicted octanol–water partition coefficient (Wildman–Crippen LogP) is 2.99. The van der Waals surface area contributed by atoms with Gasteiger partial charge in [0.15, 0.2) is 0 Å². The van der Waals surface area contributed by atoms with Gasteiger partial charge in [-0.2, -0.15) is 0 Å². The van der Waals surface area contributed by atoms with Gasteiger partial charge in [-0.3, -0.25) is 19.7 Å². The standard InChI is InChI=1S/C24H30FN3O4/c1-15(25)5-4-12-26-19-6-2-3-7-21(19)32-17-8-9-18-16(13-17)14-28(24(18)31)20-10-11-22(29)27-23(20)30/h8-9,13,19-21,26H,1-7,10-12,14H2,(H,27,29,30)/t19-,20?,21+/m1/s1. The lowest BCUT2D eigenvalue weighted by Gasteiger charge is -2.32. The van der Waals surface area contributed by atoms with Gasteiger partial charge in [-0.05, 0) is 68.8 Å². The summed E-state index contributed by atoms with van der Waals surface area (Å²) >= 11 is 0. The van der Waals surface area contributed by atoms with Crippen molar-refractivity contribution in [1.82, 2.24) is 15.5 Å². The van der Waals surface area contributed by atoms with Crippen LogP contribution < -0.4 is 15.4 Å². The zero-order valence-electron chi connectivity index (χ0n) is 18.2. The van der Waals surface area contributed by atoms with Crippen LogP contribution in [-0.4, -0.2) is 47.4 Å². The van der Waals surface area contributed by atoms with E-state index in [0.717, 1.165) is 31.2 Å². The van der Waals surface area contributed by atoms with Crippen LogP contribution >= 0.6 is 0 Å². The van der Waals surface area contributed by atoms with Gasteiger partial charge in [-0.15, -0.1) is 0 Å². The summed E-state index contributed by atoms with van der Waals surface area (Å²) in [5.74, 6) is -0.477. The van der Waals surface area contributed by atoms with Crippen LogP contribution in [0.15, 0.2) is 30.6 Å². The average molecular weight is 444 g/mol. The van der Waals surface area contributed by atoms with Crippen LogP contribution in [0.1, 0.15) is 67.3 Å². The van der Waals surface area contributed by atoms with Crippen molar-refractivity contribution >= 4 is 17.7 Å². The van der Waals surface area contributed by atoms with Gasteiger partial charge in [-0.25, -0.2) is 4.39 Å². The SMILES string of the molecule is C=C(F)CCCN[C@@H]1CCCC[C@@H]1Oc1ccc2c(c1)CN(C1CCC(=O)NC1=O)C2=O. The van der Waals surface area contributed by atoms with E-state index in [4.69, 9.17) is 4.74 Å². The van der Waals surface area contributed by atoms with Crippen molar-refractivity contribution in [3.63, 3.8) is 0 Å². The van der Waals surface area contributed by atoms with Crippen LogP contribution in [0.4, 0.5) is 4.39 Å². The van der Waals surface area contributed by atoms with Gasteiger partial charge in [0, 0.05) is 24.6 Å². The molecule has 0 bridgehead atoms. The van der Waals surface area contributed by atoms with Crippen molar-refractivity contribution < 1.29 is 23.5 Å². The van der Waals surface area contributed by atoms with E-state index in [9.17, 15) is 18.8 Å². The first-order valence-corrected chi connectivity index (χ1v) is 11.4. The van der Waals surface area contributed by atoms with Gasteiger partial charge in [-0.1, -0.05) is 13.0 Å². The Bertz CT molecular complexity index is 919. The van der Waals surface area contributed by atoms with E-state index < -0.39 is 11.9 Å². The zero-order valence-corrected chi connectivity index (χ0v) is 18.2. The number of benzene rings is 1. The lowest BCUT2D eigenvalue weighted by Crippen LogP contribution is -2.52. The molecule has 1 aromatic carbocycles. The van der Waals surface area contributed by atoms with Crippen molar-refractivity contribution in [2.24, 2.45) is 0 Å². The number of hydrogen-bond acceptors (Lipinski definition) is 5. The molecule has 2 heterocycles. The number of piperidine rings is 1. The number of amides is 3. The molecule has 0 spiro atoms. The minimum atomic E-state index is -0.621. The number of allylic oxidation sites excluding steroid dienone is 1. The van der Waals surface area contributed by atoms with Crippen molar-refractivity contribution in [3.05, 3.63) is 41.7 Å². The maximum absolute atomic E-state index is 12.8. The molecule has 172 valence electrons. The first kappa shape index (κ1) is 22.5. The summed E-state index contributed by atoms with van der Waals surface area (Å²) in [6, 6.07) is 5.04. The fourth-order valence-electron chi connectivity index (χ4n) is 4.84. The van der Waals surface area contributed by atoms with E-state index in [1.165, 1.54) is 0 Å². The summed E-state index contributed by atoms with van der Waals surface area (Å²) in [5.41, 5.74) is 1.41. The molecule has 1 aliphatic carbocycles. The van der Waals surface area contributed by atoms with Crippen LogP contribution in [-0.2, 0) is 16.1 Å². The Morgan fingerprint density at radius 2 is 2.03 bits per heavy atom. The first-order chi connectivity index (χ1) is 15.4. The molecule has 8 heteroatoms. The number of nitrogens with one attached hydrogen (secondary N) is 2. The fourth-order valence-corrected chi connectivity index (χ4v) is 4.84. The minimum absolute atomic E-state index is 0.0127. The third-order valence-electron chi connectivity index (χ3n) is 6.52. The minimum Gasteiger partial charge on any atom is -0.489 e. The molecular formula is C24H30FN3O4. The molecule has 0 aromatic heterocycles. The summed E-state index contributed by atoms with van der Waals surface area (Å²) in [6.07, 6.45) is 5.84. The molecule has 32 heavy (non-hydrogen) atoms. The van der Waals surface area contributed by atoms with Crippen LogP contribution in [0.5, 0.6) is 5.75 Å². The van der Waals surface area contributed by atoms with E-state index in [-0.39, 0.29) is 36.2 Å². The number of carbonyl (C=O) groups excluding carboxylic acids is 3. The molecule has 0 radical (unpaired) electrons. The molecule has 3 aliphatic rings. The Labute approximate surface area is 187 Å². The third kappa shape index (κ3) is 5.01. The topological polar surface area (TPSA) is 87.7 Å². The number of nitrogens with zero attached hydrogens (tertiary/aromatic N) is 1. The predicted molar refractivity (Wildman–Crippen MR) is 117 cm³/mol. The number of carbonyl (C=O) groups is 3. The molecule has 1 saturated heterocycles. The third-order valence-corrected chi connectivity index (χ3v) is 6.52. The Hall–Kier alpha value is -2.74. The van der Waals surface area contributed by atoms with Crippen molar-refractivity contribution in [2.75, 3.05) is 6.54 Å². The molecule has 2 fully saturated rings. The van der Waals surface area contributed by atoms with E-state index >= 15 is 0 Å². The van der Waals surface area contributed by atoms with Crippen LogP contribution in [0.25, 0.3) is 0 Å². The number of hydrogen-bond donors (Lipinski definition) is 2. The number of rotatable bonds is 8. The van der Waals surface area contributed by atoms with E-state index in [1.807, 2.05) is 12.1 Å². The van der Waals surface area contributed by atoms with E-state index in [0.29, 0.717) is 43.7 Å². The number of halogens is 1. The van der Waals surface area contributed by atoms with E-state index in [2.05, 4.69) is 17.2 Å². The average Bonchev–Trinajstić information content (AvgIpc) is 3.08. The van der Waals surface area contributed by atoms with Crippen molar-refractivity contribution in [1.29, 1.82) is 0 Å². The maximum atomic E-state index is 12.8. The highest BCUT2D eigenvalue weighted by atomic mass is 19.1. The second-order valence-corrected chi connectivity index (χ2v) is 8.84. The molecule has 4 rings (SSSR count). The molecule has 2 aliphatic heterocycles. The van der Waals surface area contributed by atoms with E-state index in [1.54, 1.807) is 11.0 Å². The Balaban J connectivity index is 1.39. The maximum Gasteiger partial charge on any atom is 0.255 e. The molecular weight excluding hydrogens is 413 g/mol. The van der Waals surface area contributed by atoms with Gasteiger partial charge in [0.25, 0.3) is 5.91 Å². The summed E-state index contributed by atoms with van der Waals surface area (Å²) in [6.45, 7) is 4.35. The summed E-state index contributed by atoms with van der Waals surface area (Å²) in [7, 11) is 0. The second kappa shape index (κ2) is 9.81. The highest BCUT2D eigenvalue weighted by Crippen LogP contribution is 2.32. The molecule has 1 aromatic rings. The normalized spacial score (nSPS) is 25.5. The second-order valence-electron chi connectivity index (χ2n) is 8.84. The quantitative estimate of drug-likeness (QED) is 0.476. The lowest BCUT2D eigenvalue weighted by atomic mass is 9.92. The number of fused-ring (bicyclic) bond motifs is 1. The van der Waals surface area contributed by atoms with Crippen molar-refractivity contribution in [2.45, 2.75) is 76.1 Å². The van der Waals surface area contributed by atoms with Gasteiger partial charge in [0.2, 0.25) is 11.8 Å². The van der Waals surface area contributed by atoms with Gasteiger partial charge < -0.3 is 15.0 Å². The molecule has 2 N–H and O–H groups in total. The molecule has 3 amide bonds. The van der Waals surface area contributed by atoms with Crippen LogP contribution in [0, 0.1) is 0 Å². The fraction of sp³-hybridized carbons (Fsp3) is 0.542. The van der Waals surface area contributed by atoms with Crippen molar-refractivity contribution in [3.8, 4) is 5.75 Å². The highest BCUT2D eigenvalue weighted by molar-refractivity contribution is 6.05. The Morgan fingerprint density at radius 3 is 2.81 bits per heavy atom. The Kier molecular flexibility index (Phi) is 6.89. The molecule has 1 saturated carbocycles. The van der Waals surface area contributed by atoms with Crippen LogP contribution in [0.3, 0.4) is 0 Å². The number of imide groups is 1. The lowest BCUT2D eigenvalue weighted by molar-refractivity contribution is -0.136. The summed E-state index contributed by atoms with van der Waals surface area (Å²) in [5, 5.41) is 5.82. The molecule has 3 atom stereocenters. The molecule has 7 nitrogen and oxygen atoms in total. The molecule has 1 unspecified atom stereocenters. The van der Waals surface area contributed by atoms with Gasteiger partial charge >= 0.3 is 0 Å². The Morgan fingerprint density at radius 1 is 1.22 bits per heavy atom. The first-order valence-electron chi connectivity index (χ1n) is 11.4. The van der Waals surface area contributed by atoms with Crippen LogP contribution in [0.2, 0.25) is 0 Å². The van der Waals surface area contributed by atoms with Gasteiger partial charge in [0.1, 0.15) is 17.9 Å². The monoisotopic (exact) mass is 443 g/mol. The van der Waals surface area contributed by atoms with Gasteiger partial charge in [0.05, 0.1) is 5.83 Å². The smallest absolute Gasteiger partial charge is 0.255 e. The summed E-state index contributed by atoms with van der Waals surface area (Å²) < 4.78 is 19.2.